The lowest BCUT2D eigenvalue weighted by molar-refractivity contribution is -0.275. The molecule has 1 heterocycles. The fourth-order valence-electron chi connectivity index (χ4n) is 3.27. The summed E-state index contributed by atoms with van der Waals surface area (Å²) in [6.45, 7) is 6.78. The SMILES string of the molecule is Cc1cc(C2=NOC(c3cc(Cl)cc(Cl)c3)(C(F)(F)F)C2)ccc1C(=O)N=S(C)(=O)C(C)(C)C. The highest BCUT2D eigenvalue weighted by atomic mass is 35.5. The molecule has 3 rings (SSSR count). The first kappa shape index (κ1) is 26.5. The van der Waals surface area contributed by atoms with E-state index in [-0.39, 0.29) is 26.9 Å². The number of aryl methyl sites for hydroxylation is 1. The number of amides is 1. The van der Waals surface area contributed by atoms with E-state index < -0.39 is 38.6 Å². The number of alkyl halides is 3. The van der Waals surface area contributed by atoms with Crippen molar-refractivity contribution in [1.82, 2.24) is 0 Å². The van der Waals surface area contributed by atoms with E-state index in [2.05, 4.69) is 9.52 Å². The Hall–Kier alpha value is -2.10. The van der Waals surface area contributed by atoms with Crippen LogP contribution in [0.15, 0.2) is 45.9 Å². The molecule has 2 atom stereocenters. The fourth-order valence-corrected chi connectivity index (χ4v) is 4.49. The van der Waals surface area contributed by atoms with Crippen LogP contribution in [-0.2, 0) is 20.2 Å². The second kappa shape index (κ2) is 8.84. The summed E-state index contributed by atoms with van der Waals surface area (Å²) in [5, 5.41) is 3.80. The van der Waals surface area contributed by atoms with Gasteiger partial charge in [0, 0.05) is 38.6 Å². The molecule has 0 aromatic heterocycles. The average Bonchev–Trinajstić information content (AvgIpc) is 3.12. The third-order valence-corrected chi connectivity index (χ3v) is 8.92. The van der Waals surface area contributed by atoms with Crippen LogP contribution in [0.25, 0.3) is 0 Å². The predicted octanol–water partition coefficient (Wildman–Crippen LogP) is 6.92. The van der Waals surface area contributed by atoms with Crippen molar-refractivity contribution >= 4 is 44.5 Å². The summed E-state index contributed by atoms with van der Waals surface area (Å²) in [4.78, 5) is 17.7. The van der Waals surface area contributed by atoms with E-state index in [1.54, 1.807) is 27.7 Å². The van der Waals surface area contributed by atoms with E-state index in [0.29, 0.717) is 11.1 Å². The van der Waals surface area contributed by atoms with Crippen molar-refractivity contribution in [2.75, 3.05) is 6.26 Å². The number of benzene rings is 2. The maximum atomic E-state index is 14.2. The van der Waals surface area contributed by atoms with Crippen LogP contribution < -0.4 is 0 Å². The molecule has 0 fully saturated rings. The first-order chi connectivity index (χ1) is 15.5. The lowest BCUT2D eigenvalue weighted by Crippen LogP contribution is -2.42. The first-order valence-corrected chi connectivity index (χ1v) is 12.8. The van der Waals surface area contributed by atoms with Gasteiger partial charge in [-0.3, -0.25) is 4.79 Å². The van der Waals surface area contributed by atoms with Crippen molar-refractivity contribution in [3.05, 3.63) is 68.7 Å². The number of rotatable bonds is 3. The zero-order chi connectivity index (χ0) is 25.7. The Labute approximate surface area is 206 Å². The third-order valence-electron chi connectivity index (χ3n) is 5.70. The Bertz CT molecular complexity index is 1290. The summed E-state index contributed by atoms with van der Waals surface area (Å²) in [6.07, 6.45) is -4.01. The highest BCUT2D eigenvalue weighted by Crippen LogP contribution is 2.49. The van der Waals surface area contributed by atoms with E-state index in [1.807, 2.05) is 0 Å². The molecule has 0 saturated heterocycles. The second-order valence-electron chi connectivity index (χ2n) is 9.13. The fraction of sp³-hybridized carbons (Fsp3) is 0.391. The van der Waals surface area contributed by atoms with Crippen molar-refractivity contribution in [1.29, 1.82) is 0 Å². The summed E-state index contributed by atoms with van der Waals surface area (Å²) < 4.78 is 58.5. The van der Waals surface area contributed by atoms with Gasteiger partial charge in [0.15, 0.2) is 0 Å². The molecule has 0 bridgehead atoms. The monoisotopic (exact) mass is 534 g/mol. The summed E-state index contributed by atoms with van der Waals surface area (Å²) >= 11 is 11.9. The maximum absolute atomic E-state index is 14.2. The molecule has 1 amide bonds. The van der Waals surface area contributed by atoms with Gasteiger partial charge in [-0.15, -0.1) is 0 Å². The third kappa shape index (κ3) is 4.97. The van der Waals surface area contributed by atoms with Gasteiger partial charge < -0.3 is 4.84 Å². The molecular formula is C23H23Cl2F3N2O3S. The van der Waals surface area contributed by atoms with Crippen LogP contribution in [0.1, 0.15) is 54.2 Å². The van der Waals surface area contributed by atoms with Crippen molar-refractivity contribution in [3.8, 4) is 0 Å². The van der Waals surface area contributed by atoms with Crippen LogP contribution in [0.4, 0.5) is 13.2 Å². The van der Waals surface area contributed by atoms with Gasteiger partial charge >= 0.3 is 6.18 Å². The largest absolute Gasteiger partial charge is 0.435 e. The van der Waals surface area contributed by atoms with E-state index in [1.165, 1.54) is 30.5 Å². The minimum absolute atomic E-state index is 0.0356. The topological polar surface area (TPSA) is 68.1 Å². The zero-order valence-corrected chi connectivity index (χ0v) is 21.4. The number of hydrogen-bond donors (Lipinski definition) is 0. The first-order valence-electron chi connectivity index (χ1n) is 10.1. The average molecular weight is 535 g/mol. The smallest absolute Gasteiger partial charge is 0.374 e. The van der Waals surface area contributed by atoms with Gasteiger partial charge in [-0.05, 0) is 69.2 Å². The summed E-state index contributed by atoms with van der Waals surface area (Å²) in [7, 11) is -2.82. The van der Waals surface area contributed by atoms with Crippen molar-refractivity contribution in [2.24, 2.45) is 9.52 Å². The summed E-state index contributed by atoms with van der Waals surface area (Å²) in [5.74, 6) is -0.658. The van der Waals surface area contributed by atoms with Gasteiger partial charge in [-0.2, -0.15) is 17.5 Å². The van der Waals surface area contributed by atoms with Crippen molar-refractivity contribution < 1.29 is 27.0 Å². The number of carbonyl (C=O) groups is 1. The van der Waals surface area contributed by atoms with Crippen LogP contribution >= 0.6 is 23.2 Å². The van der Waals surface area contributed by atoms with E-state index in [0.717, 1.165) is 12.1 Å². The maximum Gasteiger partial charge on any atom is 0.435 e. The molecule has 0 radical (unpaired) electrons. The van der Waals surface area contributed by atoms with E-state index in [9.17, 15) is 22.2 Å². The van der Waals surface area contributed by atoms with Crippen LogP contribution in [-0.4, -0.2) is 33.0 Å². The van der Waals surface area contributed by atoms with Gasteiger partial charge in [-0.25, -0.2) is 4.21 Å². The van der Waals surface area contributed by atoms with Gasteiger partial charge in [0.25, 0.3) is 11.5 Å². The Morgan fingerprint density at radius 1 is 1.12 bits per heavy atom. The minimum Gasteiger partial charge on any atom is -0.374 e. The molecule has 5 nitrogen and oxygen atoms in total. The van der Waals surface area contributed by atoms with Gasteiger partial charge in [0.05, 0.1) is 15.4 Å². The van der Waals surface area contributed by atoms with Crippen LogP contribution in [0, 0.1) is 6.92 Å². The lowest BCUT2D eigenvalue weighted by atomic mass is 9.86. The van der Waals surface area contributed by atoms with Crippen LogP contribution in [0.5, 0.6) is 0 Å². The second-order valence-corrected chi connectivity index (χ2v) is 13.0. The summed E-state index contributed by atoms with van der Waals surface area (Å²) in [6, 6.07) is 8.03. The number of carbonyl (C=O) groups excluding carboxylic acids is 1. The highest BCUT2D eigenvalue weighted by molar-refractivity contribution is 7.94. The molecule has 11 heteroatoms. The number of halogens is 5. The molecule has 0 spiro atoms. The van der Waals surface area contributed by atoms with E-state index in [4.69, 9.17) is 28.0 Å². The highest BCUT2D eigenvalue weighted by Gasteiger charge is 2.62. The molecule has 2 aromatic rings. The Kier molecular flexibility index (Phi) is 6.89. The molecule has 1 aliphatic rings. The normalized spacial score (nSPS) is 20.4. The Balaban J connectivity index is 1.97. The molecule has 2 unspecified atom stereocenters. The zero-order valence-electron chi connectivity index (χ0n) is 19.1. The van der Waals surface area contributed by atoms with Crippen molar-refractivity contribution in [3.63, 3.8) is 0 Å². The molecule has 0 saturated carbocycles. The number of hydrogen-bond acceptors (Lipinski definition) is 4. The minimum atomic E-state index is -4.82. The van der Waals surface area contributed by atoms with Gasteiger partial charge in [0.1, 0.15) is 0 Å². The van der Waals surface area contributed by atoms with Gasteiger partial charge in [-0.1, -0.05) is 34.4 Å². The van der Waals surface area contributed by atoms with Crippen LogP contribution in [0.2, 0.25) is 10.0 Å². The van der Waals surface area contributed by atoms with E-state index >= 15 is 0 Å². The lowest BCUT2D eigenvalue weighted by Gasteiger charge is -2.29. The molecule has 34 heavy (non-hydrogen) atoms. The molecule has 184 valence electrons. The molecule has 0 aliphatic carbocycles. The van der Waals surface area contributed by atoms with Crippen molar-refractivity contribution in [2.45, 2.75) is 50.6 Å². The number of oxime groups is 1. The van der Waals surface area contributed by atoms with Gasteiger partial charge in [0.2, 0.25) is 0 Å². The quantitative estimate of drug-likeness (QED) is 0.429. The Morgan fingerprint density at radius 3 is 2.21 bits per heavy atom. The molecule has 2 aromatic carbocycles. The molecule has 1 aliphatic heterocycles. The number of nitrogens with zero attached hydrogens (tertiary/aromatic N) is 2. The Morgan fingerprint density at radius 2 is 1.71 bits per heavy atom. The predicted molar refractivity (Wildman–Crippen MR) is 128 cm³/mol. The standard InChI is InChI=1S/C23H23Cl2F3N2O3S/c1-13-8-14(6-7-18(13)20(31)30-34(5,32)21(2,3)4)19-12-22(33-29-19,23(26,27)28)15-9-16(24)11-17(25)10-15/h6-11H,12H2,1-5H3. The molecular weight excluding hydrogens is 512 g/mol. The summed E-state index contributed by atoms with van der Waals surface area (Å²) in [5.41, 5.74) is -1.98. The molecule has 0 N–H and O–H groups in total. The van der Waals surface area contributed by atoms with Crippen LogP contribution in [0.3, 0.4) is 0 Å².